The van der Waals surface area contributed by atoms with E-state index < -0.39 is 5.89 Å². The lowest BCUT2D eigenvalue weighted by Gasteiger charge is -2.34. The first kappa shape index (κ1) is 23.0. The van der Waals surface area contributed by atoms with Gasteiger partial charge in [0.25, 0.3) is 0 Å². The van der Waals surface area contributed by atoms with Crippen LogP contribution in [0.2, 0.25) is 0 Å². The quantitative estimate of drug-likeness (QED) is 0.221. The van der Waals surface area contributed by atoms with Gasteiger partial charge in [-0.2, -0.15) is 0 Å². The minimum Gasteiger partial charge on any atom is -0.454 e. The maximum Gasteiger partial charge on any atom is 0.216 e. The highest BCUT2D eigenvalue weighted by molar-refractivity contribution is 6.17. The van der Waals surface area contributed by atoms with Crippen molar-refractivity contribution < 1.29 is 10.4 Å². The Labute approximate surface area is 231 Å². The number of hydrogen-bond donors (Lipinski definition) is 0. The summed E-state index contributed by atoms with van der Waals surface area (Å²) >= 11 is 0. The van der Waals surface area contributed by atoms with Crippen molar-refractivity contribution in [3.63, 3.8) is 0 Å². The molecule has 0 saturated heterocycles. The molecule has 3 nitrogen and oxygen atoms in total. The van der Waals surface area contributed by atoms with E-state index in [0.29, 0.717) is 5.41 Å². The molecule has 0 N–H and O–H groups in total. The highest BCUT2D eigenvalue weighted by Gasteiger charge is 2.28. The second kappa shape index (κ2) is 9.05. The summed E-state index contributed by atoms with van der Waals surface area (Å²) in [5, 5.41) is 4.60. The van der Waals surface area contributed by atoms with E-state index in [1.165, 1.54) is 10.9 Å². The molecule has 3 aromatic heterocycles. The first-order chi connectivity index (χ1) is 19.2. The molecule has 1 saturated carbocycles. The van der Waals surface area contributed by atoms with Crippen molar-refractivity contribution in [2.24, 2.45) is 12.5 Å². The number of aromatic nitrogens is 2. The number of aryl methyl sites for hydroxylation is 2. The van der Waals surface area contributed by atoms with E-state index in [1.807, 2.05) is 6.20 Å². The number of nitrogens with zero attached hydrogens (tertiary/aromatic N) is 2. The van der Waals surface area contributed by atoms with Crippen LogP contribution in [0.4, 0.5) is 0 Å². The molecule has 6 aromatic rings. The molecule has 39 heavy (non-hydrogen) atoms. The Kier molecular flexibility index (Phi) is 5.33. The van der Waals surface area contributed by atoms with E-state index in [4.69, 9.17) is 10.8 Å². The number of rotatable bonds is 3. The molecular formula is C36H35N2O+. The molecule has 7 rings (SSSR count). The van der Waals surface area contributed by atoms with Crippen molar-refractivity contribution in [2.45, 2.75) is 52.3 Å². The van der Waals surface area contributed by atoms with Crippen LogP contribution in [0.3, 0.4) is 0 Å². The van der Waals surface area contributed by atoms with Crippen LogP contribution in [0.25, 0.3) is 55.1 Å². The second-order valence-corrected chi connectivity index (χ2v) is 12.0. The van der Waals surface area contributed by atoms with Gasteiger partial charge in [-0.15, -0.1) is 0 Å². The van der Waals surface area contributed by atoms with E-state index in [2.05, 4.69) is 111 Å². The Balaban J connectivity index is 1.32. The number of fused-ring (bicyclic) bond motifs is 5. The van der Waals surface area contributed by atoms with Gasteiger partial charge in [0.05, 0.1) is 5.56 Å². The van der Waals surface area contributed by atoms with Crippen molar-refractivity contribution in [2.75, 3.05) is 0 Å². The Bertz CT molecular complexity index is 1910. The average molecular weight is 513 g/mol. The number of pyridine rings is 2. The van der Waals surface area contributed by atoms with Gasteiger partial charge in [0.2, 0.25) is 5.69 Å². The number of hydrogen-bond acceptors (Lipinski definition) is 2. The van der Waals surface area contributed by atoms with E-state index in [1.54, 1.807) is 0 Å². The first-order valence-electron chi connectivity index (χ1n) is 14.5. The summed E-state index contributed by atoms with van der Waals surface area (Å²) < 4.78 is 18.0. The summed E-state index contributed by atoms with van der Waals surface area (Å²) in [6.07, 6.45) is 7.94. The van der Waals surface area contributed by atoms with Gasteiger partial charge < -0.3 is 4.42 Å². The van der Waals surface area contributed by atoms with Gasteiger partial charge in [0, 0.05) is 53.0 Å². The molecule has 3 heteroatoms. The zero-order chi connectivity index (χ0) is 27.6. The maximum atomic E-state index is 9.11. The zero-order valence-corrected chi connectivity index (χ0v) is 23.2. The molecule has 0 amide bonds. The zero-order valence-electron chi connectivity index (χ0n) is 24.2. The monoisotopic (exact) mass is 512 g/mol. The van der Waals surface area contributed by atoms with Gasteiger partial charge in [-0.05, 0) is 66.7 Å². The Morgan fingerprint density at radius 3 is 2.44 bits per heavy atom. The van der Waals surface area contributed by atoms with Gasteiger partial charge in [-0.3, -0.25) is 4.98 Å². The van der Waals surface area contributed by atoms with Crippen molar-refractivity contribution in [1.82, 2.24) is 4.98 Å². The van der Waals surface area contributed by atoms with Crippen molar-refractivity contribution in [3.8, 4) is 22.4 Å². The standard InChI is InChI=1S/C36H35N2O/c1-23-9-12-30-29-13-10-24-7-5-6-8-28(24)34(29)39-35(30)33(23)32-21-26(17-20-38(32)4)27-11-14-31(37-22-27)25-15-18-36(2,3)19-16-25/h5-14,17,20-22,25H,15-16,18-19H2,1-4H3/q+1/i25D. The summed E-state index contributed by atoms with van der Waals surface area (Å²) in [7, 11) is 2.09. The Hall–Kier alpha value is -3.98. The third-order valence-electron chi connectivity index (χ3n) is 8.81. The molecule has 0 spiro atoms. The van der Waals surface area contributed by atoms with E-state index in [-0.39, 0.29) is 0 Å². The molecule has 0 aliphatic heterocycles. The van der Waals surface area contributed by atoms with Crippen LogP contribution in [-0.2, 0) is 7.05 Å². The molecule has 1 aliphatic carbocycles. The predicted octanol–water partition coefficient (Wildman–Crippen LogP) is 9.28. The topological polar surface area (TPSA) is 29.9 Å². The molecule has 0 bridgehead atoms. The Morgan fingerprint density at radius 1 is 0.872 bits per heavy atom. The minimum absolute atomic E-state index is 0.328. The predicted molar refractivity (Wildman–Crippen MR) is 161 cm³/mol. The third kappa shape index (κ3) is 4.12. The molecule has 0 atom stereocenters. The maximum absolute atomic E-state index is 9.11. The van der Waals surface area contributed by atoms with Gasteiger partial charge in [0.15, 0.2) is 6.20 Å². The average Bonchev–Trinajstić information content (AvgIpc) is 3.35. The van der Waals surface area contributed by atoms with E-state index in [0.717, 1.165) is 81.1 Å². The van der Waals surface area contributed by atoms with Crippen LogP contribution < -0.4 is 4.57 Å². The van der Waals surface area contributed by atoms with Crippen molar-refractivity contribution >= 4 is 32.7 Å². The lowest BCUT2D eigenvalue weighted by atomic mass is 9.72. The first-order valence-corrected chi connectivity index (χ1v) is 14.0. The van der Waals surface area contributed by atoms with Gasteiger partial charge in [-0.25, -0.2) is 4.57 Å². The number of furan rings is 1. The highest BCUT2D eigenvalue weighted by Crippen LogP contribution is 2.43. The summed E-state index contributed by atoms with van der Waals surface area (Å²) in [4.78, 5) is 4.84. The lowest BCUT2D eigenvalue weighted by molar-refractivity contribution is -0.660. The fraction of sp³-hybridized carbons (Fsp3) is 0.278. The second-order valence-electron chi connectivity index (χ2n) is 12.0. The van der Waals surface area contributed by atoms with Crippen LogP contribution in [0.1, 0.15) is 58.1 Å². The van der Waals surface area contributed by atoms with Gasteiger partial charge in [-0.1, -0.05) is 62.4 Å². The summed E-state index contributed by atoms with van der Waals surface area (Å²) in [6, 6.07) is 25.7. The van der Waals surface area contributed by atoms with E-state index in [9.17, 15) is 0 Å². The smallest absolute Gasteiger partial charge is 0.216 e. The van der Waals surface area contributed by atoms with Gasteiger partial charge in [0.1, 0.15) is 18.2 Å². The number of benzene rings is 3. The normalized spacial score (nSPS) is 17.1. The third-order valence-corrected chi connectivity index (χ3v) is 8.81. The van der Waals surface area contributed by atoms with Crippen LogP contribution in [0, 0.1) is 12.3 Å². The SMILES string of the molecule is [2H]C1(c2ccc(-c3cc[n+](C)c(-c4c(C)ccc5c4oc4c6ccccc6ccc54)c3)cn2)CCC(C)(C)CC1. The summed E-state index contributed by atoms with van der Waals surface area (Å²) in [5.41, 5.74) is 8.63. The van der Waals surface area contributed by atoms with Crippen LogP contribution >= 0.6 is 0 Å². The summed E-state index contributed by atoms with van der Waals surface area (Å²) in [5.74, 6) is -0.583. The molecule has 3 aromatic carbocycles. The molecule has 194 valence electrons. The molecule has 3 heterocycles. The molecular weight excluding hydrogens is 476 g/mol. The van der Waals surface area contributed by atoms with Crippen molar-refractivity contribution in [1.29, 1.82) is 0 Å². The lowest BCUT2D eigenvalue weighted by Crippen LogP contribution is -2.30. The van der Waals surface area contributed by atoms with Crippen LogP contribution in [0.15, 0.2) is 89.6 Å². The van der Waals surface area contributed by atoms with Crippen molar-refractivity contribution in [3.05, 3.63) is 96.4 Å². The van der Waals surface area contributed by atoms with Crippen LogP contribution in [0.5, 0.6) is 0 Å². The summed E-state index contributed by atoms with van der Waals surface area (Å²) in [6.45, 7) is 6.78. The molecule has 1 fully saturated rings. The Morgan fingerprint density at radius 2 is 1.64 bits per heavy atom. The molecule has 0 radical (unpaired) electrons. The molecule has 1 aliphatic rings. The molecule has 0 unspecified atom stereocenters. The minimum atomic E-state index is -0.583. The van der Waals surface area contributed by atoms with E-state index >= 15 is 0 Å². The van der Waals surface area contributed by atoms with Crippen LogP contribution in [-0.4, -0.2) is 4.98 Å². The van der Waals surface area contributed by atoms with Gasteiger partial charge >= 0.3 is 0 Å². The largest absolute Gasteiger partial charge is 0.454 e. The highest BCUT2D eigenvalue weighted by atomic mass is 16.3. The fourth-order valence-electron chi connectivity index (χ4n) is 6.24. The fourth-order valence-corrected chi connectivity index (χ4v) is 6.24.